The minimum atomic E-state index is 0.0790. The fourth-order valence-corrected chi connectivity index (χ4v) is 4.84. The van der Waals surface area contributed by atoms with E-state index in [4.69, 9.17) is 0 Å². The quantitative estimate of drug-likeness (QED) is 0.487. The molecule has 0 saturated heterocycles. The predicted octanol–water partition coefficient (Wildman–Crippen LogP) is 3.81. The fraction of sp³-hybridized carbons (Fsp3) is 0.316. The average Bonchev–Trinajstić information content (AvgIpc) is 3.64. The maximum absolute atomic E-state index is 12.0. The second kappa shape index (κ2) is 6.67. The second-order valence-electron chi connectivity index (χ2n) is 7.40. The van der Waals surface area contributed by atoms with Gasteiger partial charge in [-0.25, -0.2) is 4.98 Å². The van der Waals surface area contributed by atoms with Gasteiger partial charge in [0.05, 0.1) is 10.2 Å². The van der Waals surface area contributed by atoms with E-state index in [1.807, 2.05) is 24.3 Å². The van der Waals surface area contributed by atoms with Crippen molar-refractivity contribution in [2.24, 2.45) is 5.92 Å². The van der Waals surface area contributed by atoms with Crippen LogP contribution in [-0.4, -0.2) is 36.7 Å². The molecule has 2 saturated carbocycles. The molecule has 3 heterocycles. The molecular formula is C19H17N7OS2. The number of hydrogen-bond donors (Lipinski definition) is 2. The highest BCUT2D eigenvalue weighted by molar-refractivity contribution is 7.99. The van der Waals surface area contributed by atoms with Gasteiger partial charge in [-0.1, -0.05) is 11.3 Å². The second-order valence-corrected chi connectivity index (χ2v) is 9.48. The lowest BCUT2D eigenvalue weighted by atomic mass is 10.3. The van der Waals surface area contributed by atoms with Crippen LogP contribution in [0.25, 0.3) is 15.9 Å². The number of fused-ring (bicyclic) bond motifs is 2. The van der Waals surface area contributed by atoms with Crippen molar-refractivity contribution in [3.63, 3.8) is 0 Å². The molecule has 8 nitrogen and oxygen atoms in total. The molecule has 3 aromatic heterocycles. The molecule has 1 amide bonds. The first-order valence-electron chi connectivity index (χ1n) is 9.59. The maximum Gasteiger partial charge on any atom is 0.229 e. The number of rotatable bonds is 6. The number of hydrogen-bond acceptors (Lipinski definition) is 8. The van der Waals surface area contributed by atoms with E-state index in [9.17, 15) is 4.79 Å². The molecule has 2 N–H and O–H groups in total. The summed E-state index contributed by atoms with van der Waals surface area (Å²) >= 11 is 3.00. The Bertz CT molecular complexity index is 1240. The van der Waals surface area contributed by atoms with Crippen LogP contribution in [0.2, 0.25) is 0 Å². The Kier molecular flexibility index (Phi) is 3.95. The number of nitrogens with zero attached hydrogens (tertiary/aromatic N) is 5. The van der Waals surface area contributed by atoms with Crippen molar-refractivity contribution in [3.8, 4) is 0 Å². The van der Waals surface area contributed by atoms with Crippen LogP contribution in [0.3, 0.4) is 0 Å². The molecule has 29 heavy (non-hydrogen) atoms. The normalized spacial score (nSPS) is 16.4. The van der Waals surface area contributed by atoms with Crippen molar-refractivity contribution in [2.45, 2.75) is 41.8 Å². The van der Waals surface area contributed by atoms with Gasteiger partial charge in [0.2, 0.25) is 11.1 Å². The van der Waals surface area contributed by atoms with Gasteiger partial charge in [-0.3, -0.25) is 4.79 Å². The number of amides is 1. The molecule has 6 rings (SSSR count). The van der Waals surface area contributed by atoms with Crippen LogP contribution in [-0.2, 0) is 4.79 Å². The van der Waals surface area contributed by atoms with Crippen LogP contribution in [0.1, 0.15) is 25.7 Å². The summed E-state index contributed by atoms with van der Waals surface area (Å²) < 4.78 is 2.80. The van der Waals surface area contributed by atoms with Crippen molar-refractivity contribution in [3.05, 3.63) is 30.3 Å². The Morgan fingerprint density at radius 2 is 2.03 bits per heavy atom. The SMILES string of the molecule is O=C(Nc1nc2ccc(Sc3nnc4ccc(NC5CC5)nn34)cc2s1)C1CC1. The van der Waals surface area contributed by atoms with Gasteiger partial charge in [-0.15, -0.1) is 15.3 Å². The first-order chi connectivity index (χ1) is 14.2. The van der Waals surface area contributed by atoms with Gasteiger partial charge in [0, 0.05) is 16.9 Å². The molecule has 10 heteroatoms. The molecular weight excluding hydrogens is 406 g/mol. The molecule has 2 fully saturated rings. The first-order valence-corrected chi connectivity index (χ1v) is 11.2. The minimum absolute atomic E-state index is 0.0790. The van der Waals surface area contributed by atoms with Gasteiger partial charge in [-0.2, -0.15) is 4.52 Å². The van der Waals surface area contributed by atoms with Crippen LogP contribution < -0.4 is 10.6 Å². The molecule has 2 aliphatic carbocycles. The van der Waals surface area contributed by atoms with Crippen molar-refractivity contribution >= 4 is 55.8 Å². The largest absolute Gasteiger partial charge is 0.366 e. The van der Waals surface area contributed by atoms with Gasteiger partial charge < -0.3 is 10.6 Å². The molecule has 0 aliphatic heterocycles. The summed E-state index contributed by atoms with van der Waals surface area (Å²) in [6, 6.07) is 10.5. The lowest BCUT2D eigenvalue weighted by Gasteiger charge is -2.04. The van der Waals surface area contributed by atoms with Crippen molar-refractivity contribution in [1.82, 2.24) is 24.8 Å². The van der Waals surface area contributed by atoms with Gasteiger partial charge in [-0.05, 0) is 67.8 Å². The molecule has 0 spiro atoms. The van der Waals surface area contributed by atoms with Crippen molar-refractivity contribution in [1.29, 1.82) is 0 Å². The smallest absolute Gasteiger partial charge is 0.229 e. The Balaban J connectivity index is 1.26. The summed E-state index contributed by atoms with van der Waals surface area (Å²) in [5.41, 5.74) is 1.60. The third-order valence-electron chi connectivity index (χ3n) is 4.91. The van der Waals surface area contributed by atoms with E-state index in [0.29, 0.717) is 16.3 Å². The van der Waals surface area contributed by atoms with Crippen LogP contribution >= 0.6 is 23.1 Å². The van der Waals surface area contributed by atoms with Crippen LogP contribution in [0.15, 0.2) is 40.4 Å². The number of nitrogens with one attached hydrogen (secondary N) is 2. The number of aromatic nitrogens is 5. The van der Waals surface area contributed by atoms with E-state index in [1.54, 1.807) is 4.52 Å². The monoisotopic (exact) mass is 423 g/mol. The zero-order chi connectivity index (χ0) is 19.4. The Morgan fingerprint density at radius 3 is 2.86 bits per heavy atom. The fourth-order valence-electron chi connectivity index (χ4n) is 3.03. The molecule has 2 aliphatic rings. The summed E-state index contributed by atoms with van der Waals surface area (Å²) in [5, 5.41) is 20.8. The molecule has 4 aromatic rings. The topological polar surface area (TPSA) is 97.1 Å². The van der Waals surface area contributed by atoms with E-state index in [1.165, 1.54) is 35.9 Å². The maximum atomic E-state index is 12.0. The summed E-state index contributed by atoms with van der Waals surface area (Å²) in [6.07, 6.45) is 4.36. The summed E-state index contributed by atoms with van der Waals surface area (Å²) in [7, 11) is 0. The van der Waals surface area contributed by atoms with E-state index in [2.05, 4.69) is 37.0 Å². The number of thiazole rings is 1. The first kappa shape index (κ1) is 17.2. The molecule has 1 aromatic carbocycles. The highest BCUT2D eigenvalue weighted by atomic mass is 32.2. The number of anilines is 2. The van der Waals surface area contributed by atoms with Crippen molar-refractivity contribution < 1.29 is 4.79 Å². The molecule has 0 bridgehead atoms. The van der Waals surface area contributed by atoms with Gasteiger partial charge >= 0.3 is 0 Å². The standard InChI is InChI=1S/C19H17N7OS2/c27-17(10-1-2-10)22-18-21-13-6-5-12(9-14(13)29-18)28-19-24-23-16-8-7-15(25-26(16)19)20-11-3-4-11/h5-11H,1-4H2,(H,20,25)(H,21,22,27). The average molecular weight is 424 g/mol. The molecule has 0 radical (unpaired) electrons. The lowest BCUT2D eigenvalue weighted by Crippen LogP contribution is -2.12. The van der Waals surface area contributed by atoms with E-state index >= 15 is 0 Å². The van der Waals surface area contributed by atoms with Gasteiger partial charge in [0.15, 0.2) is 10.8 Å². The zero-order valence-corrected chi connectivity index (χ0v) is 17.0. The third kappa shape index (κ3) is 3.53. The van der Waals surface area contributed by atoms with Crippen LogP contribution in [0.5, 0.6) is 0 Å². The van der Waals surface area contributed by atoms with Crippen LogP contribution in [0, 0.1) is 5.92 Å². The van der Waals surface area contributed by atoms with Crippen LogP contribution in [0.4, 0.5) is 10.9 Å². The van der Waals surface area contributed by atoms with E-state index in [-0.39, 0.29) is 11.8 Å². The number of carbonyl (C=O) groups is 1. The lowest BCUT2D eigenvalue weighted by molar-refractivity contribution is -0.117. The Hall–Kier alpha value is -2.72. The number of carbonyl (C=O) groups excluding carboxylic acids is 1. The molecule has 0 atom stereocenters. The van der Waals surface area contributed by atoms with Gasteiger partial charge in [0.1, 0.15) is 5.82 Å². The van der Waals surface area contributed by atoms with Gasteiger partial charge in [0.25, 0.3) is 0 Å². The Morgan fingerprint density at radius 1 is 1.14 bits per heavy atom. The van der Waals surface area contributed by atoms with E-state index < -0.39 is 0 Å². The minimum Gasteiger partial charge on any atom is -0.366 e. The summed E-state index contributed by atoms with van der Waals surface area (Å²) in [6.45, 7) is 0. The third-order valence-corrected chi connectivity index (χ3v) is 6.77. The number of benzene rings is 1. The summed E-state index contributed by atoms with van der Waals surface area (Å²) in [4.78, 5) is 17.5. The highest BCUT2D eigenvalue weighted by Gasteiger charge is 2.30. The molecule has 146 valence electrons. The Labute approximate surface area is 174 Å². The molecule has 0 unspecified atom stereocenters. The summed E-state index contributed by atoms with van der Waals surface area (Å²) in [5.74, 6) is 1.09. The zero-order valence-electron chi connectivity index (χ0n) is 15.3. The highest BCUT2D eigenvalue weighted by Crippen LogP contribution is 2.35. The van der Waals surface area contributed by atoms with E-state index in [0.717, 1.165) is 39.4 Å². The van der Waals surface area contributed by atoms with Crippen molar-refractivity contribution in [2.75, 3.05) is 10.6 Å². The predicted molar refractivity (Wildman–Crippen MR) is 113 cm³/mol.